The van der Waals surface area contributed by atoms with Gasteiger partial charge >= 0.3 is 0 Å². The molecule has 0 aromatic heterocycles. The molecule has 0 saturated heterocycles. The lowest BCUT2D eigenvalue weighted by Gasteiger charge is -2.14. The Labute approximate surface area is 480 Å². The van der Waals surface area contributed by atoms with Crippen molar-refractivity contribution in [1.82, 2.24) is 0 Å². The molecule has 1 aliphatic carbocycles. The van der Waals surface area contributed by atoms with Crippen molar-refractivity contribution in [3.63, 3.8) is 0 Å². The van der Waals surface area contributed by atoms with Crippen LogP contribution in [0.25, 0.3) is 0 Å². The summed E-state index contributed by atoms with van der Waals surface area (Å²) in [7, 11) is 0. The van der Waals surface area contributed by atoms with E-state index in [1.165, 1.54) is 0 Å². The van der Waals surface area contributed by atoms with E-state index in [1.807, 2.05) is 188 Å². The van der Waals surface area contributed by atoms with Gasteiger partial charge in [0.1, 0.15) is 0 Å². The first kappa shape index (κ1) is 58.1. The lowest BCUT2D eigenvalue weighted by atomic mass is 9.89. The molecular weight excluding hydrogens is 985 g/mol. The fraction of sp³-hybridized carbons (Fsp3) is 0.147. The standard InChI is InChI=1S/C75H64N6/c1-12-21-53(4)39-55(6)28-33-66-49-75(81-79-72-26-17-14-18-27-72)51-70(59(66)10)37-32-64-44-62(30-35-68-47-73(77-76)46-67(60(68)11)34-29-61-41-56(7)40-57(8)42-61)43-63(45-64)31-36-69-50-74(80-78-71-24-15-13-16-25-71)48-65(58(69)9)23-20-19-22-54(5)38-52(2)3/h12-19,21-22,24-27,38-42,44-51,62,76,78,80H,2,6,43H2,1,3-5,7-11H3/b21-12?,22-19+,53-39-,54-38-,77-76?,81-79?. The van der Waals surface area contributed by atoms with Gasteiger partial charge in [-0.3, -0.25) is 0 Å². The molecule has 6 nitrogen and oxygen atoms in total. The lowest BCUT2D eigenvalue weighted by Crippen LogP contribution is -2.09. The van der Waals surface area contributed by atoms with Crippen molar-refractivity contribution in [2.75, 3.05) is 10.9 Å². The zero-order valence-corrected chi connectivity index (χ0v) is 47.6. The topological polar surface area (TPSA) is 85.0 Å². The minimum atomic E-state index is -0.275. The van der Waals surface area contributed by atoms with Crippen LogP contribution in [-0.4, -0.2) is 0 Å². The number of allylic oxidation sites excluding steroid dienone is 14. The Kier molecular flexibility index (Phi) is 20.6. The van der Waals surface area contributed by atoms with Gasteiger partial charge in [-0.05, 0) is 188 Å². The van der Waals surface area contributed by atoms with E-state index in [0.29, 0.717) is 23.4 Å². The lowest BCUT2D eigenvalue weighted by molar-refractivity contribution is 0.825. The van der Waals surface area contributed by atoms with Gasteiger partial charge in [0.2, 0.25) is 0 Å². The van der Waals surface area contributed by atoms with E-state index in [-0.39, 0.29) is 5.92 Å². The molecule has 6 heteroatoms. The molecule has 0 bridgehead atoms. The van der Waals surface area contributed by atoms with Crippen molar-refractivity contribution in [3.8, 4) is 71.0 Å². The van der Waals surface area contributed by atoms with Gasteiger partial charge in [-0.25, -0.2) is 5.53 Å². The van der Waals surface area contributed by atoms with Crippen molar-refractivity contribution in [2.24, 2.45) is 21.3 Å². The van der Waals surface area contributed by atoms with Crippen molar-refractivity contribution < 1.29 is 0 Å². The summed E-state index contributed by atoms with van der Waals surface area (Å²) in [6.07, 6.45) is 16.5. The second-order valence-corrected chi connectivity index (χ2v) is 19.8. The molecular formula is C75H64N6. The summed E-state index contributed by atoms with van der Waals surface area (Å²) in [5.74, 6) is 40.6. The second-order valence-electron chi connectivity index (χ2n) is 19.8. The number of azo groups is 1. The number of para-hydroxylation sites is 1. The molecule has 3 N–H and O–H groups in total. The van der Waals surface area contributed by atoms with Crippen molar-refractivity contribution >= 4 is 28.4 Å². The molecule has 6 aromatic rings. The number of benzene rings is 6. The summed E-state index contributed by atoms with van der Waals surface area (Å²) in [6, 6.07) is 37.4. The maximum absolute atomic E-state index is 7.97. The van der Waals surface area contributed by atoms with E-state index < -0.39 is 0 Å². The molecule has 0 aliphatic heterocycles. The molecule has 1 atom stereocenters. The predicted molar refractivity (Wildman–Crippen MR) is 339 cm³/mol. The van der Waals surface area contributed by atoms with Crippen LogP contribution in [0.3, 0.4) is 0 Å². The van der Waals surface area contributed by atoms with Crippen LogP contribution in [0.1, 0.15) is 101 Å². The Morgan fingerprint density at radius 1 is 0.568 bits per heavy atom. The molecule has 1 aliphatic rings. The number of hydrogen-bond acceptors (Lipinski definition) is 6. The number of nitrogens with one attached hydrogen (secondary N) is 3. The summed E-state index contributed by atoms with van der Waals surface area (Å²) < 4.78 is 0. The number of hydrogen-bond donors (Lipinski definition) is 3. The van der Waals surface area contributed by atoms with Crippen LogP contribution in [0.5, 0.6) is 0 Å². The highest BCUT2D eigenvalue weighted by molar-refractivity contribution is 5.67. The SMILES string of the molecule is C=C(C)/C=C(C)\C=C\C#Cc1cc(NNc2ccccc2)cc(C#CC2=CC(C#Cc3cc(N=Nc4ccccc4)cc(C#CC(=C)/C=C(/C)C=CC)c3C)=CC(C#Cc3cc(N=N)cc(C#Cc4cc(C)cc(C)c4)c3C)C2)c1C. The van der Waals surface area contributed by atoms with Gasteiger partial charge in [0, 0.05) is 61.6 Å². The minimum absolute atomic E-state index is 0.275. The normalized spacial score (nSPS) is 12.8. The molecule has 0 spiro atoms. The number of nitrogens with zero attached hydrogens (tertiary/aromatic N) is 3. The van der Waals surface area contributed by atoms with Crippen LogP contribution in [-0.2, 0) is 0 Å². The summed E-state index contributed by atoms with van der Waals surface area (Å²) in [4.78, 5) is 0. The number of rotatable bonds is 10. The molecule has 1 unspecified atom stereocenters. The molecule has 0 saturated carbocycles. The maximum Gasteiger partial charge on any atom is 0.0882 e. The Bertz CT molecular complexity index is 4060. The number of hydrazine groups is 1. The monoisotopic (exact) mass is 1050 g/mol. The first-order valence-electron chi connectivity index (χ1n) is 26.6. The molecule has 7 rings (SSSR count). The summed E-state index contributed by atoms with van der Waals surface area (Å²) in [5, 5.41) is 13.0. The second kappa shape index (κ2) is 28.7. The molecule has 6 aromatic carbocycles. The molecule has 0 fully saturated rings. The number of anilines is 2. The highest BCUT2D eigenvalue weighted by atomic mass is 15.4. The highest BCUT2D eigenvalue weighted by Crippen LogP contribution is 2.28. The summed E-state index contributed by atoms with van der Waals surface area (Å²) >= 11 is 0. The Morgan fingerprint density at radius 3 is 1.78 bits per heavy atom. The van der Waals surface area contributed by atoms with Crippen molar-refractivity contribution in [2.45, 2.75) is 68.7 Å². The van der Waals surface area contributed by atoms with Crippen molar-refractivity contribution in [3.05, 3.63) is 277 Å². The molecule has 0 radical (unpaired) electrons. The van der Waals surface area contributed by atoms with Crippen LogP contribution >= 0.6 is 0 Å². The van der Waals surface area contributed by atoms with Gasteiger partial charge in [0.05, 0.1) is 28.4 Å². The van der Waals surface area contributed by atoms with E-state index in [1.54, 1.807) is 0 Å². The van der Waals surface area contributed by atoms with Gasteiger partial charge in [-0.2, -0.15) is 15.3 Å². The molecule has 0 heterocycles. The smallest absolute Gasteiger partial charge is 0.0882 e. The third-order valence-corrected chi connectivity index (χ3v) is 12.6. The number of aryl methyl sites for hydroxylation is 2. The van der Waals surface area contributed by atoms with Crippen LogP contribution in [0.2, 0.25) is 0 Å². The van der Waals surface area contributed by atoms with Gasteiger partial charge in [-0.15, -0.1) is 0 Å². The van der Waals surface area contributed by atoms with Gasteiger partial charge in [0.15, 0.2) is 0 Å². The third kappa shape index (κ3) is 18.0. The fourth-order valence-corrected chi connectivity index (χ4v) is 8.57. The average molecular weight is 1050 g/mol. The molecule has 81 heavy (non-hydrogen) atoms. The van der Waals surface area contributed by atoms with E-state index in [2.05, 4.69) is 149 Å². The van der Waals surface area contributed by atoms with E-state index in [4.69, 9.17) is 5.53 Å². The van der Waals surface area contributed by atoms with E-state index in [0.717, 1.165) is 112 Å². The van der Waals surface area contributed by atoms with Crippen LogP contribution in [0, 0.1) is 117 Å². The van der Waals surface area contributed by atoms with Crippen LogP contribution in [0.15, 0.2) is 226 Å². The predicted octanol–water partition coefficient (Wildman–Crippen LogP) is 18.3. The van der Waals surface area contributed by atoms with Crippen LogP contribution in [0.4, 0.5) is 28.4 Å². The molecule has 394 valence electrons. The van der Waals surface area contributed by atoms with Crippen molar-refractivity contribution in [1.29, 1.82) is 5.53 Å². The Hall–Kier alpha value is -10.6. The summed E-state index contributed by atoms with van der Waals surface area (Å²) in [5.41, 5.74) is 34.2. The Balaban J connectivity index is 1.34. The van der Waals surface area contributed by atoms with Crippen LogP contribution < -0.4 is 10.9 Å². The average Bonchev–Trinajstić information content (AvgIpc) is 3.50. The van der Waals surface area contributed by atoms with Gasteiger partial charge in [0.25, 0.3) is 0 Å². The zero-order chi connectivity index (χ0) is 57.7. The largest absolute Gasteiger partial charge is 0.301 e. The van der Waals surface area contributed by atoms with E-state index in [9.17, 15) is 0 Å². The third-order valence-electron chi connectivity index (χ3n) is 12.6. The minimum Gasteiger partial charge on any atom is -0.301 e. The fourth-order valence-electron chi connectivity index (χ4n) is 8.57. The van der Waals surface area contributed by atoms with Gasteiger partial charge in [-0.1, -0.05) is 174 Å². The van der Waals surface area contributed by atoms with E-state index >= 15 is 0 Å². The molecule has 0 amide bonds. The Morgan fingerprint density at radius 2 is 1.12 bits per heavy atom. The first-order chi connectivity index (χ1) is 39.1. The summed E-state index contributed by atoms with van der Waals surface area (Å²) in [6.45, 7) is 26.4. The van der Waals surface area contributed by atoms with Gasteiger partial charge < -0.3 is 10.9 Å². The quantitative estimate of drug-likeness (QED) is 0.0553. The zero-order valence-electron chi connectivity index (χ0n) is 47.6. The maximum atomic E-state index is 7.97. The first-order valence-corrected chi connectivity index (χ1v) is 26.6. The highest BCUT2D eigenvalue weighted by Gasteiger charge is 2.14.